The van der Waals surface area contributed by atoms with Gasteiger partial charge in [-0.1, -0.05) is 0 Å². The molecule has 1 aliphatic carbocycles. The minimum absolute atomic E-state index is 0.137. The highest BCUT2D eigenvalue weighted by atomic mass is 32.2. The van der Waals surface area contributed by atoms with Gasteiger partial charge in [0, 0.05) is 7.11 Å². The Bertz CT molecular complexity index is 391. The Labute approximate surface area is 109 Å². The summed E-state index contributed by atoms with van der Waals surface area (Å²) in [6, 6.07) is 0. The molecule has 1 fully saturated rings. The maximum absolute atomic E-state index is 12.5. The molecule has 0 heterocycles. The lowest BCUT2D eigenvalue weighted by atomic mass is 9.97. The Morgan fingerprint density at radius 3 is 2.00 bits per heavy atom. The summed E-state index contributed by atoms with van der Waals surface area (Å²) in [6.07, 6.45) is 2.66. The first kappa shape index (κ1) is 15.4. The third kappa shape index (κ3) is 2.69. The van der Waals surface area contributed by atoms with Crippen molar-refractivity contribution in [2.45, 2.75) is 55.6 Å². The fourth-order valence-corrected chi connectivity index (χ4v) is 4.40. The molecule has 0 aromatic carbocycles. The van der Waals surface area contributed by atoms with Crippen molar-refractivity contribution in [3.8, 4) is 0 Å². The molecule has 0 bridgehead atoms. The predicted molar refractivity (Wildman–Crippen MR) is 68.1 cm³/mol. The van der Waals surface area contributed by atoms with Crippen molar-refractivity contribution >= 4 is 15.8 Å². The van der Waals surface area contributed by atoms with E-state index in [9.17, 15) is 13.2 Å². The third-order valence-electron chi connectivity index (χ3n) is 3.78. The lowest BCUT2D eigenvalue weighted by Gasteiger charge is -2.32. The van der Waals surface area contributed by atoms with Gasteiger partial charge in [-0.25, -0.2) is 8.42 Å². The number of carbonyl (C=O) groups is 1. The Morgan fingerprint density at radius 2 is 1.61 bits per heavy atom. The van der Waals surface area contributed by atoms with Crippen molar-refractivity contribution < 1.29 is 22.7 Å². The highest BCUT2D eigenvalue weighted by Gasteiger charge is 2.47. The van der Waals surface area contributed by atoms with Crippen LogP contribution in [0.1, 0.15) is 39.5 Å². The van der Waals surface area contributed by atoms with Crippen LogP contribution in [-0.2, 0) is 24.1 Å². The van der Waals surface area contributed by atoms with Crippen molar-refractivity contribution in [3.63, 3.8) is 0 Å². The van der Waals surface area contributed by atoms with E-state index >= 15 is 0 Å². The van der Waals surface area contributed by atoms with E-state index in [0.717, 1.165) is 12.8 Å². The highest BCUT2D eigenvalue weighted by molar-refractivity contribution is 7.94. The first-order valence-corrected chi connectivity index (χ1v) is 7.66. The summed E-state index contributed by atoms with van der Waals surface area (Å²) in [6.45, 7) is 2.83. The fraction of sp³-hybridized carbons (Fsp3) is 0.917. The summed E-state index contributed by atoms with van der Waals surface area (Å²) in [5.74, 6) is -0.698. The van der Waals surface area contributed by atoms with Gasteiger partial charge in [-0.2, -0.15) is 0 Å². The van der Waals surface area contributed by atoms with E-state index in [2.05, 4.69) is 4.74 Å². The largest absolute Gasteiger partial charge is 0.468 e. The zero-order valence-electron chi connectivity index (χ0n) is 11.4. The molecule has 106 valence electrons. The molecule has 1 saturated carbocycles. The van der Waals surface area contributed by atoms with Gasteiger partial charge in [0.05, 0.1) is 18.5 Å². The topological polar surface area (TPSA) is 69.7 Å². The number of methoxy groups -OCH3 is 2. The van der Waals surface area contributed by atoms with Gasteiger partial charge < -0.3 is 9.47 Å². The summed E-state index contributed by atoms with van der Waals surface area (Å²) in [5, 5.41) is -0.474. The van der Waals surface area contributed by atoms with Crippen molar-refractivity contribution in [1.29, 1.82) is 0 Å². The highest BCUT2D eigenvalue weighted by Crippen LogP contribution is 2.32. The maximum atomic E-state index is 12.5. The monoisotopic (exact) mass is 278 g/mol. The Morgan fingerprint density at radius 1 is 1.11 bits per heavy atom. The van der Waals surface area contributed by atoms with Crippen LogP contribution >= 0.6 is 0 Å². The molecule has 0 N–H and O–H groups in total. The molecule has 0 amide bonds. The number of carbonyl (C=O) groups excluding carboxylic acids is 1. The molecule has 0 saturated heterocycles. The van der Waals surface area contributed by atoms with Crippen molar-refractivity contribution in [2.24, 2.45) is 0 Å². The van der Waals surface area contributed by atoms with Crippen molar-refractivity contribution in [2.75, 3.05) is 14.2 Å². The van der Waals surface area contributed by atoms with E-state index in [1.807, 2.05) is 0 Å². The van der Waals surface area contributed by atoms with E-state index in [4.69, 9.17) is 4.74 Å². The Hall–Kier alpha value is -0.620. The minimum atomic E-state index is -3.53. The summed E-state index contributed by atoms with van der Waals surface area (Å²) in [7, 11) is -0.688. The van der Waals surface area contributed by atoms with Gasteiger partial charge in [-0.15, -0.1) is 0 Å². The third-order valence-corrected chi connectivity index (χ3v) is 6.72. The lowest BCUT2D eigenvalue weighted by Crippen LogP contribution is -2.48. The van der Waals surface area contributed by atoms with Crippen molar-refractivity contribution in [3.05, 3.63) is 0 Å². The first-order chi connectivity index (χ1) is 8.27. The maximum Gasteiger partial charge on any atom is 0.326 e. The molecule has 5 nitrogen and oxygen atoms in total. The Kier molecular flexibility index (Phi) is 4.78. The molecule has 0 spiro atoms. The summed E-state index contributed by atoms with van der Waals surface area (Å²) >= 11 is 0. The Balaban J connectivity index is 2.85. The second kappa shape index (κ2) is 5.57. The molecule has 0 aliphatic heterocycles. The van der Waals surface area contributed by atoms with Gasteiger partial charge in [-0.3, -0.25) is 4.79 Å². The number of esters is 1. The molecule has 0 radical (unpaired) electrons. The van der Waals surface area contributed by atoms with Crippen LogP contribution in [0.2, 0.25) is 0 Å². The molecule has 0 atom stereocenters. The van der Waals surface area contributed by atoms with Gasteiger partial charge >= 0.3 is 5.97 Å². The van der Waals surface area contributed by atoms with Gasteiger partial charge in [0.1, 0.15) is 0 Å². The van der Waals surface area contributed by atoms with Crippen LogP contribution in [0, 0.1) is 0 Å². The van der Waals surface area contributed by atoms with Gasteiger partial charge in [-0.05, 0) is 39.5 Å². The number of hydrogen-bond acceptors (Lipinski definition) is 5. The number of ether oxygens (including phenoxy) is 2. The first-order valence-electron chi connectivity index (χ1n) is 6.12. The van der Waals surface area contributed by atoms with Crippen LogP contribution < -0.4 is 0 Å². The molecule has 0 aromatic heterocycles. The smallest absolute Gasteiger partial charge is 0.326 e. The molecule has 6 heteroatoms. The van der Waals surface area contributed by atoms with E-state index in [1.54, 1.807) is 7.11 Å². The summed E-state index contributed by atoms with van der Waals surface area (Å²) in [5.41, 5.74) is 0. The van der Waals surface area contributed by atoms with Gasteiger partial charge in [0.25, 0.3) is 0 Å². The molecular formula is C12H22O5S. The predicted octanol–water partition coefficient (Wildman–Crippen LogP) is 1.31. The number of rotatable bonds is 4. The molecular weight excluding hydrogens is 256 g/mol. The van der Waals surface area contributed by atoms with Crippen molar-refractivity contribution in [1.82, 2.24) is 0 Å². The zero-order chi connectivity index (χ0) is 14.0. The van der Waals surface area contributed by atoms with E-state index in [0.29, 0.717) is 12.8 Å². The van der Waals surface area contributed by atoms with Crippen LogP contribution in [-0.4, -0.2) is 44.7 Å². The normalized spacial score (nSPS) is 25.8. The quantitative estimate of drug-likeness (QED) is 0.725. The number of sulfone groups is 1. The van der Waals surface area contributed by atoms with Crippen LogP contribution in [0.4, 0.5) is 0 Å². The molecule has 0 aromatic rings. The van der Waals surface area contributed by atoms with E-state index < -0.39 is 25.8 Å². The molecule has 1 aliphatic rings. The molecule has 1 rings (SSSR count). The lowest BCUT2D eigenvalue weighted by molar-refractivity contribution is -0.142. The molecule has 0 unspecified atom stereocenters. The van der Waals surface area contributed by atoms with Crippen LogP contribution in [0.25, 0.3) is 0 Å². The molecule has 18 heavy (non-hydrogen) atoms. The van der Waals surface area contributed by atoms with Gasteiger partial charge in [0.15, 0.2) is 14.6 Å². The van der Waals surface area contributed by atoms with Gasteiger partial charge in [0.2, 0.25) is 0 Å². The fourth-order valence-electron chi connectivity index (χ4n) is 2.36. The zero-order valence-corrected chi connectivity index (χ0v) is 12.2. The van der Waals surface area contributed by atoms with E-state index in [1.165, 1.54) is 21.0 Å². The van der Waals surface area contributed by atoms with Crippen LogP contribution in [0.5, 0.6) is 0 Å². The second-order valence-electron chi connectivity index (χ2n) is 5.18. The average molecular weight is 278 g/mol. The second-order valence-corrected chi connectivity index (χ2v) is 7.96. The minimum Gasteiger partial charge on any atom is -0.468 e. The van der Waals surface area contributed by atoms with Crippen LogP contribution in [0.15, 0.2) is 0 Å². The summed E-state index contributed by atoms with van der Waals surface area (Å²) in [4.78, 5) is 11.6. The average Bonchev–Trinajstić information content (AvgIpc) is 2.37. The standard InChI is InChI=1S/C12H22O5S/c1-12(2,11(13)17-4)18(14,15)10-7-5-9(16-3)6-8-10/h9-10H,5-8H2,1-4H3. The SMILES string of the molecule is COC(=O)C(C)(C)S(=O)(=O)C1CCC(OC)CC1. The summed E-state index contributed by atoms with van der Waals surface area (Å²) < 4.78 is 33.3. The van der Waals surface area contributed by atoms with Crippen LogP contribution in [0.3, 0.4) is 0 Å². The van der Waals surface area contributed by atoms with E-state index in [-0.39, 0.29) is 6.10 Å². The number of hydrogen-bond donors (Lipinski definition) is 0.